The van der Waals surface area contributed by atoms with Crippen LogP contribution in [0.4, 0.5) is 0 Å². The lowest BCUT2D eigenvalue weighted by atomic mass is 10.1. The summed E-state index contributed by atoms with van der Waals surface area (Å²) in [4.78, 5) is 11.4. The molecule has 3 nitrogen and oxygen atoms in total. The van der Waals surface area contributed by atoms with Crippen molar-refractivity contribution in [3.63, 3.8) is 0 Å². The Balaban J connectivity index is 2.00. The Bertz CT molecular complexity index is 452. The zero-order chi connectivity index (χ0) is 12.5. The Hall–Kier alpha value is -1.13. The Morgan fingerprint density at radius 1 is 1.47 bits per heavy atom. The van der Waals surface area contributed by atoms with Gasteiger partial charge in [0.2, 0.25) is 0 Å². The molecule has 0 N–H and O–H groups in total. The van der Waals surface area contributed by atoms with Crippen LogP contribution in [0.2, 0.25) is 0 Å². The summed E-state index contributed by atoms with van der Waals surface area (Å²) in [6, 6.07) is 7.90. The Labute approximate surface area is 109 Å². The van der Waals surface area contributed by atoms with Gasteiger partial charge in [-0.2, -0.15) is 0 Å². The van der Waals surface area contributed by atoms with Crippen molar-refractivity contribution in [3.8, 4) is 0 Å². The van der Waals surface area contributed by atoms with Gasteiger partial charge < -0.3 is 9.47 Å². The number of hydrogen-bond acceptors (Lipinski definition) is 3. The second-order valence-corrected chi connectivity index (χ2v) is 4.96. The molecular formula is C13H13BrO3. The monoisotopic (exact) mass is 296 g/mol. The third-order valence-corrected chi connectivity index (χ3v) is 3.31. The molecule has 1 fully saturated rings. The quantitative estimate of drug-likeness (QED) is 0.636. The molecular weight excluding hydrogens is 284 g/mol. The van der Waals surface area contributed by atoms with Crippen LogP contribution in [0.1, 0.15) is 12.5 Å². The fourth-order valence-electron chi connectivity index (χ4n) is 1.59. The van der Waals surface area contributed by atoms with Gasteiger partial charge in [-0.3, -0.25) is 0 Å². The molecule has 0 bridgehead atoms. The lowest BCUT2D eigenvalue weighted by Crippen LogP contribution is -2.24. The summed E-state index contributed by atoms with van der Waals surface area (Å²) in [6.45, 7) is 1.73. The Kier molecular flexibility index (Phi) is 3.35. The van der Waals surface area contributed by atoms with Gasteiger partial charge in [-0.05, 0) is 24.6 Å². The van der Waals surface area contributed by atoms with Crippen LogP contribution in [-0.2, 0) is 14.3 Å². The highest BCUT2D eigenvalue weighted by molar-refractivity contribution is 9.10. The number of methoxy groups -OCH3 is 1. The third-order valence-electron chi connectivity index (χ3n) is 2.78. The van der Waals surface area contributed by atoms with Gasteiger partial charge in [0.1, 0.15) is 6.10 Å². The number of ether oxygens (including phenoxy) is 2. The third kappa shape index (κ3) is 2.58. The standard InChI is InChI=1S/C13H13BrO3/c1-13(12(15)16-2)11(17-13)8-5-9-3-6-10(14)7-4-9/h3-8,11H,1-2H3. The molecule has 2 unspecified atom stereocenters. The number of hydrogen-bond donors (Lipinski definition) is 0. The first-order chi connectivity index (χ1) is 8.06. The van der Waals surface area contributed by atoms with E-state index >= 15 is 0 Å². The van der Waals surface area contributed by atoms with Crippen molar-refractivity contribution >= 4 is 28.0 Å². The van der Waals surface area contributed by atoms with Crippen molar-refractivity contribution in [1.29, 1.82) is 0 Å². The molecule has 1 aromatic rings. The zero-order valence-corrected chi connectivity index (χ0v) is 11.2. The van der Waals surface area contributed by atoms with E-state index in [0.29, 0.717) is 0 Å². The van der Waals surface area contributed by atoms with E-state index in [2.05, 4.69) is 20.7 Å². The highest BCUT2D eigenvalue weighted by Gasteiger charge is 2.58. The summed E-state index contributed by atoms with van der Waals surface area (Å²) >= 11 is 3.37. The zero-order valence-electron chi connectivity index (χ0n) is 9.64. The Morgan fingerprint density at radius 2 is 2.12 bits per heavy atom. The average Bonchev–Trinajstić information content (AvgIpc) is 3.00. The topological polar surface area (TPSA) is 38.8 Å². The van der Waals surface area contributed by atoms with Gasteiger partial charge in [0, 0.05) is 4.47 Å². The minimum absolute atomic E-state index is 0.196. The number of epoxide rings is 1. The summed E-state index contributed by atoms with van der Waals surface area (Å²) in [7, 11) is 1.37. The molecule has 0 saturated carbocycles. The van der Waals surface area contributed by atoms with Gasteiger partial charge in [-0.1, -0.05) is 40.2 Å². The summed E-state index contributed by atoms with van der Waals surface area (Å²) < 4.78 is 11.0. The number of carbonyl (C=O) groups is 1. The molecule has 90 valence electrons. The SMILES string of the molecule is COC(=O)C1(C)OC1C=Cc1ccc(Br)cc1. The number of halogens is 1. The summed E-state index contributed by atoms with van der Waals surface area (Å²) in [5.41, 5.74) is 0.261. The lowest BCUT2D eigenvalue weighted by Gasteiger charge is -2.00. The molecule has 1 aromatic carbocycles. The van der Waals surface area contributed by atoms with E-state index in [1.807, 2.05) is 36.4 Å². The van der Waals surface area contributed by atoms with Crippen molar-refractivity contribution < 1.29 is 14.3 Å². The van der Waals surface area contributed by atoms with Crippen LogP contribution >= 0.6 is 15.9 Å². The van der Waals surface area contributed by atoms with E-state index in [1.54, 1.807) is 6.92 Å². The van der Waals surface area contributed by atoms with Crippen LogP contribution in [-0.4, -0.2) is 24.8 Å². The van der Waals surface area contributed by atoms with Crippen molar-refractivity contribution in [3.05, 3.63) is 40.4 Å². The molecule has 17 heavy (non-hydrogen) atoms. The van der Waals surface area contributed by atoms with Crippen molar-refractivity contribution in [2.75, 3.05) is 7.11 Å². The second kappa shape index (κ2) is 4.63. The summed E-state index contributed by atoms with van der Waals surface area (Å²) in [6.07, 6.45) is 3.62. The van der Waals surface area contributed by atoms with E-state index < -0.39 is 5.60 Å². The molecule has 0 aliphatic carbocycles. The summed E-state index contributed by atoms with van der Waals surface area (Å²) in [5, 5.41) is 0. The minimum atomic E-state index is -0.805. The van der Waals surface area contributed by atoms with Gasteiger partial charge in [-0.15, -0.1) is 0 Å². The second-order valence-electron chi connectivity index (χ2n) is 4.05. The van der Waals surface area contributed by atoms with Crippen LogP contribution in [0.25, 0.3) is 6.08 Å². The van der Waals surface area contributed by atoms with E-state index in [1.165, 1.54) is 7.11 Å². The van der Waals surface area contributed by atoms with Gasteiger partial charge >= 0.3 is 5.97 Å². The molecule has 2 rings (SSSR count). The van der Waals surface area contributed by atoms with Gasteiger partial charge in [-0.25, -0.2) is 4.79 Å². The average molecular weight is 297 g/mol. The number of carbonyl (C=O) groups excluding carboxylic acids is 1. The maximum atomic E-state index is 11.4. The largest absolute Gasteiger partial charge is 0.467 e. The summed E-state index contributed by atoms with van der Waals surface area (Å²) in [5.74, 6) is -0.331. The van der Waals surface area contributed by atoms with Crippen LogP contribution in [0, 0.1) is 0 Å². The number of benzene rings is 1. The van der Waals surface area contributed by atoms with Crippen molar-refractivity contribution in [2.24, 2.45) is 0 Å². The molecule has 0 radical (unpaired) electrons. The van der Waals surface area contributed by atoms with Crippen molar-refractivity contribution in [1.82, 2.24) is 0 Å². The normalized spacial score (nSPS) is 27.1. The molecule has 1 aliphatic rings. The highest BCUT2D eigenvalue weighted by atomic mass is 79.9. The molecule has 4 heteroatoms. The molecule has 1 heterocycles. The van der Waals surface area contributed by atoms with Crippen LogP contribution in [0.15, 0.2) is 34.8 Å². The van der Waals surface area contributed by atoms with Gasteiger partial charge in [0.25, 0.3) is 0 Å². The van der Waals surface area contributed by atoms with Crippen LogP contribution < -0.4 is 0 Å². The maximum absolute atomic E-state index is 11.4. The fourth-order valence-corrected chi connectivity index (χ4v) is 1.86. The minimum Gasteiger partial charge on any atom is -0.467 e. The van der Waals surface area contributed by atoms with Gasteiger partial charge in [0.05, 0.1) is 7.11 Å². The first kappa shape index (κ1) is 12.3. The Morgan fingerprint density at radius 3 is 2.71 bits per heavy atom. The van der Waals surface area contributed by atoms with Gasteiger partial charge in [0.15, 0.2) is 5.60 Å². The highest BCUT2D eigenvalue weighted by Crippen LogP contribution is 2.38. The predicted molar refractivity (Wildman–Crippen MR) is 68.5 cm³/mol. The van der Waals surface area contributed by atoms with E-state index in [0.717, 1.165) is 10.0 Å². The van der Waals surface area contributed by atoms with E-state index in [-0.39, 0.29) is 12.1 Å². The maximum Gasteiger partial charge on any atom is 0.340 e. The van der Waals surface area contributed by atoms with Crippen molar-refractivity contribution in [2.45, 2.75) is 18.6 Å². The first-order valence-corrected chi connectivity index (χ1v) is 6.05. The molecule has 0 aromatic heterocycles. The smallest absolute Gasteiger partial charge is 0.340 e. The lowest BCUT2D eigenvalue weighted by molar-refractivity contribution is -0.146. The molecule has 1 saturated heterocycles. The molecule has 0 amide bonds. The van der Waals surface area contributed by atoms with E-state index in [4.69, 9.17) is 4.74 Å². The van der Waals surface area contributed by atoms with Crippen LogP contribution in [0.5, 0.6) is 0 Å². The van der Waals surface area contributed by atoms with E-state index in [9.17, 15) is 4.79 Å². The van der Waals surface area contributed by atoms with Crippen LogP contribution in [0.3, 0.4) is 0 Å². The molecule has 2 atom stereocenters. The molecule has 0 spiro atoms. The molecule has 1 aliphatic heterocycles. The number of rotatable bonds is 3. The first-order valence-electron chi connectivity index (χ1n) is 5.26. The predicted octanol–water partition coefficient (Wildman–Crippen LogP) is 2.79. The number of esters is 1. The fraction of sp³-hybridized carbons (Fsp3) is 0.308.